The Hall–Kier alpha value is -4.49. The van der Waals surface area contributed by atoms with Crippen LogP contribution in [0.3, 0.4) is 0 Å². The number of aromatic nitrogens is 3. The highest BCUT2D eigenvalue weighted by Crippen LogP contribution is 2.42. The molecule has 0 bridgehead atoms. The molecule has 0 saturated carbocycles. The summed E-state index contributed by atoms with van der Waals surface area (Å²) < 4.78 is 8.16. The molecule has 0 unspecified atom stereocenters. The van der Waals surface area contributed by atoms with Crippen molar-refractivity contribution in [3.63, 3.8) is 0 Å². The molecule has 2 atom stereocenters. The maximum atomic E-state index is 6.05. The molecular formula is C30H25N5OS. The lowest BCUT2D eigenvalue weighted by molar-refractivity contribution is 0.482. The van der Waals surface area contributed by atoms with E-state index in [1.165, 1.54) is 5.56 Å². The Balaban J connectivity index is 1.38. The highest BCUT2D eigenvalue weighted by molar-refractivity contribution is 7.80. The summed E-state index contributed by atoms with van der Waals surface area (Å²) in [6.07, 6.45) is 5.65. The minimum absolute atomic E-state index is 0.144. The second-order valence-electron chi connectivity index (χ2n) is 8.90. The first-order valence-corrected chi connectivity index (χ1v) is 12.5. The van der Waals surface area contributed by atoms with Crippen LogP contribution in [0.2, 0.25) is 0 Å². The van der Waals surface area contributed by atoms with E-state index in [-0.39, 0.29) is 12.1 Å². The fraction of sp³-hybridized carbons (Fsp3) is 0.100. The van der Waals surface area contributed by atoms with E-state index in [9.17, 15) is 0 Å². The Kier molecular flexibility index (Phi) is 6.12. The smallest absolute Gasteiger partial charge is 0.174 e. The molecule has 5 aromatic rings. The molecule has 3 aromatic heterocycles. The van der Waals surface area contributed by atoms with Gasteiger partial charge in [0.05, 0.1) is 11.7 Å². The third-order valence-corrected chi connectivity index (χ3v) is 6.76. The minimum Gasteiger partial charge on any atom is -0.457 e. The molecule has 1 aliphatic heterocycles. The Morgan fingerprint density at radius 3 is 2.16 bits per heavy atom. The Labute approximate surface area is 221 Å². The number of nitrogens with one attached hydrogen (secondary N) is 1. The van der Waals surface area contributed by atoms with Gasteiger partial charge in [-0.25, -0.2) is 4.98 Å². The minimum atomic E-state index is -0.150. The second kappa shape index (κ2) is 9.87. The molecule has 1 N–H and O–H groups in total. The number of thiocarbonyl (C=S) groups is 1. The van der Waals surface area contributed by atoms with E-state index in [2.05, 4.69) is 37.7 Å². The molecule has 0 spiro atoms. The number of anilines is 1. The molecule has 1 fully saturated rings. The summed E-state index contributed by atoms with van der Waals surface area (Å²) in [6.45, 7) is 2.06. The van der Waals surface area contributed by atoms with Crippen LogP contribution in [-0.4, -0.2) is 19.6 Å². The van der Waals surface area contributed by atoms with Crippen LogP contribution in [0, 0.1) is 6.92 Å². The molecule has 0 radical (unpaired) electrons. The van der Waals surface area contributed by atoms with Crippen molar-refractivity contribution in [2.45, 2.75) is 19.0 Å². The van der Waals surface area contributed by atoms with Crippen molar-refractivity contribution in [2.75, 3.05) is 4.90 Å². The standard InChI is InChI=1S/C30H25N5OS/c1-21-10-14-23(15-11-21)36-24-16-12-22(13-17-24)35-29(28(33-30(35)37)25-7-2-4-18-31-25)26-8-6-20-34(26)27-9-3-5-19-32-27/h2-20,28-29H,1H3,(H,33,37)/t28-,29+/m0/s1. The van der Waals surface area contributed by atoms with Gasteiger partial charge in [0, 0.05) is 30.0 Å². The van der Waals surface area contributed by atoms with Gasteiger partial charge in [-0.05, 0) is 91.9 Å². The van der Waals surface area contributed by atoms with E-state index in [1.807, 2.05) is 103 Å². The maximum absolute atomic E-state index is 6.05. The molecule has 6 nitrogen and oxygen atoms in total. The topological polar surface area (TPSA) is 55.2 Å². The molecule has 1 saturated heterocycles. The van der Waals surface area contributed by atoms with Crippen LogP contribution in [0.25, 0.3) is 5.82 Å². The highest BCUT2D eigenvalue weighted by Gasteiger charge is 2.42. The van der Waals surface area contributed by atoms with Crippen molar-refractivity contribution in [3.05, 3.63) is 133 Å². The van der Waals surface area contributed by atoms with Crippen molar-refractivity contribution in [2.24, 2.45) is 0 Å². The summed E-state index contributed by atoms with van der Waals surface area (Å²) >= 11 is 5.89. The van der Waals surface area contributed by atoms with Crippen LogP contribution >= 0.6 is 12.2 Å². The van der Waals surface area contributed by atoms with Crippen LogP contribution in [-0.2, 0) is 0 Å². The third kappa shape index (κ3) is 4.57. The van der Waals surface area contributed by atoms with Crippen molar-refractivity contribution in [3.8, 4) is 17.3 Å². The van der Waals surface area contributed by atoms with Crippen molar-refractivity contribution >= 4 is 23.0 Å². The predicted octanol–water partition coefficient (Wildman–Crippen LogP) is 6.55. The van der Waals surface area contributed by atoms with Crippen LogP contribution in [0.1, 0.15) is 29.0 Å². The molecule has 182 valence electrons. The number of rotatable bonds is 6. The van der Waals surface area contributed by atoms with E-state index in [4.69, 9.17) is 17.0 Å². The summed E-state index contributed by atoms with van der Waals surface area (Å²) in [5.41, 5.74) is 4.14. The number of nitrogens with zero attached hydrogens (tertiary/aromatic N) is 4. The number of aryl methyl sites for hydroxylation is 1. The first kappa shape index (κ1) is 22.9. The van der Waals surface area contributed by atoms with Crippen LogP contribution in [0.5, 0.6) is 11.5 Å². The van der Waals surface area contributed by atoms with E-state index < -0.39 is 0 Å². The normalized spacial score (nSPS) is 17.0. The largest absolute Gasteiger partial charge is 0.457 e. The van der Waals surface area contributed by atoms with Gasteiger partial charge in [0.25, 0.3) is 0 Å². The number of hydrogen-bond acceptors (Lipinski definition) is 4. The van der Waals surface area contributed by atoms with Gasteiger partial charge in [0.2, 0.25) is 0 Å². The van der Waals surface area contributed by atoms with Gasteiger partial charge < -0.3 is 19.5 Å². The second-order valence-corrected chi connectivity index (χ2v) is 9.28. The summed E-state index contributed by atoms with van der Waals surface area (Å²) in [5, 5.41) is 4.17. The zero-order valence-corrected chi connectivity index (χ0v) is 21.0. The average molecular weight is 504 g/mol. The van der Waals surface area contributed by atoms with E-state index in [0.717, 1.165) is 34.4 Å². The highest BCUT2D eigenvalue weighted by atomic mass is 32.1. The van der Waals surface area contributed by atoms with Gasteiger partial charge in [-0.3, -0.25) is 4.98 Å². The van der Waals surface area contributed by atoms with Crippen LogP contribution in [0.4, 0.5) is 5.69 Å². The zero-order valence-electron chi connectivity index (χ0n) is 20.2. The lowest BCUT2D eigenvalue weighted by atomic mass is 10.0. The number of ether oxygens (including phenoxy) is 1. The molecular weight excluding hydrogens is 478 g/mol. The lowest BCUT2D eigenvalue weighted by Crippen LogP contribution is -2.30. The third-order valence-electron chi connectivity index (χ3n) is 6.45. The van der Waals surface area contributed by atoms with E-state index in [0.29, 0.717) is 5.11 Å². The van der Waals surface area contributed by atoms with Crippen molar-refractivity contribution in [1.82, 2.24) is 19.9 Å². The first-order valence-electron chi connectivity index (χ1n) is 12.1. The summed E-state index contributed by atoms with van der Waals surface area (Å²) in [5.74, 6) is 2.42. The Bertz CT molecular complexity index is 1500. The molecule has 0 amide bonds. The van der Waals surface area contributed by atoms with Gasteiger partial charge in [-0.1, -0.05) is 29.8 Å². The monoisotopic (exact) mass is 503 g/mol. The van der Waals surface area contributed by atoms with Gasteiger partial charge in [0.1, 0.15) is 23.4 Å². The van der Waals surface area contributed by atoms with Gasteiger partial charge in [-0.15, -0.1) is 0 Å². The molecule has 4 heterocycles. The fourth-order valence-electron chi connectivity index (χ4n) is 4.69. The number of hydrogen-bond donors (Lipinski definition) is 1. The number of pyridine rings is 2. The molecule has 0 aliphatic carbocycles. The summed E-state index contributed by atoms with van der Waals surface area (Å²) in [4.78, 5) is 11.4. The van der Waals surface area contributed by atoms with Gasteiger partial charge in [-0.2, -0.15) is 0 Å². The summed E-state index contributed by atoms with van der Waals surface area (Å²) in [7, 11) is 0. The molecule has 2 aromatic carbocycles. The lowest BCUT2D eigenvalue weighted by Gasteiger charge is -2.29. The van der Waals surface area contributed by atoms with Crippen LogP contribution in [0.15, 0.2) is 116 Å². The Morgan fingerprint density at radius 2 is 1.49 bits per heavy atom. The zero-order chi connectivity index (χ0) is 25.2. The molecule has 1 aliphatic rings. The fourth-order valence-corrected chi connectivity index (χ4v) is 5.04. The van der Waals surface area contributed by atoms with E-state index >= 15 is 0 Å². The summed E-state index contributed by atoms with van der Waals surface area (Å²) in [6, 6.07) is 31.8. The predicted molar refractivity (Wildman–Crippen MR) is 149 cm³/mol. The first-order chi connectivity index (χ1) is 18.2. The quantitative estimate of drug-likeness (QED) is 0.265. The average Bonchev–Trinajstić information content (AvgIpc) is 3.56. The van der Waals surface area contributed by atoms with E-state index in [1.54, 1.807) is 6.20 Å². The molecule has 37 heavy (non-hydrogen) atoms. The molecule has 7 heteroatoms. The van der Waals surface area contributed by atoms with Gasteiger partial charge >= 0.3 is 0 Å². The van der Waals surface area contributed by atoms with Crippen molar-refractivity contribution < 1.29 is 4.74 Å². The number of benzene rings is 2. The maximum Gasteiger partial charge on any atom is 0.174 e. The van der Waals surface area contributed by atoms with Crippen LogP contribution < -0.4 is 15.0 Å². The SMILES string of the molecule is Cc1ccc(Oc2ccc(N3C(=S)N[C@@H](c4ccccn4)[C@H]3c3cccn3-c3ccccn3)cc2)cc1. The van der Waals surface area contributed by atoms with Gasteiger partial charge in [0.15, 0.2) is 5.11 Å². The molecule has 6 rings (SSSR count). The Morgan fingerprint density at radius 1 is 0.784 bits per heavy atom. The van der Waals surface area contributed by atoms with Crippen molar-refractivity contribution in [1.29, 1.82) is 0 Å².